The van der Waals surface area contributed by atoms with Crippen LogP contribution in [0.1, 0.15) is 16.7 Å². The number of hydrogen-bond acceptors (Lipinski definition) is 3. The zero-order valence-electron chi connectivity index (χ0n) is 10.2. The molecule has 0 radical (unpaired) electrons. The smallest absolute Gasteiger partial charge is 0.251 e. The lowest BCUT2D eigenvalue weighted by atomic mass is 10.1. The van der Waals surface area contributed by atoms with Crippen LogP contribution < -0.4 is 10.3 Å². The summed E-state index contributed by atoms with van der Waals surface area (Å²) in [6.45, 7) is 0. The highest BCUT2D eigenvalue weighted by molar-refractivity contribution is 9.10. The molecule has 0 aliphatic carbocycles. The third-order valence-corrected chi connectivity index (χ3v) is 3.34. The standard InChI is InChI=1S/C14H11BrN2O2/c1-19-13-3-2-9(6-12(13)15)4-11-5-10(7-16)8-17-14(11)18/h2-3,5-6,8H,4H2,1H3,(H,17,18). The number of pyridine rings is 1. The van der Waals surface area contributed by atoms with Gasteiger partial charge in [0.25, 0.3) is 5.56 Å². The third kappa shape index (κ3) is 3.04. The van der Waals surface area contributed by atoms with Crippen molar-refractivity contribution in [1.82, 2.24) is 4.98 Å². The molecule has 0 aliphatic rings. The van der Waals surface area contributed by atoms with Gasteiger partial charge in [0.1, 0.15) is 11.8 Å². The molecule has 0 spiro atoms. The number of H-pyrrole nitrogens is 1. The molecule has 19 heavy (non-hydrogen) atoms. The van der Waals surface area contributed by atoms with E-state index in [1.54, 1.807) is 13.2 Å². The maximum absolute atomic E-state index is 11.7. The number of nitrogens with zero attached hydrogens (tertiary/aromatic N) is 1. The van der Waals surface area contributed by atoms with Gasteiger partial charge < -0.3 is 9.72 Å². The number of benzene rings is 1. The highest BCUT2D eigenvalue weighted by atomic mass is 79.9. The fourth-order valence-electron chi connectivity index (χ4n) is 1.77. The Labute approximate surface area is 118 Å². The van der Waals surface area contributed by atoms with E-state index in [0.29, 0.717) is 17.5 Å². The van der Waals surface area contributed by atoms with E-state index in [4.69, 9.17) is 10.00 Å². The number of aromatic amines is 1. The van der Waals surface area contributed by atoms with Crippen LogP contribution >= 0.6 is 15.9 Å². The predicted octanol–water partition coefficient (Wildman–Crippen LogP) is 2.61. The number of methoxy groups -OCH3 is 1. The van der Waals surface area contributed by atoms with Crippen molar-refractivity contribution in [1.29, 1.82) is 5.26 Å². The minimum absolute atomic E-state index is 0.175. The summed E-state index contributed by atoms with van der Waals surface area (Å²) in [5.74, 6) is 0.739. The topological polar surface area (TPSA) is 65.9 Å². The molecule has 0 amide bonds. The van der Waals surface area contributed by atoms with Gasteiger partial charge >= 0.3 is 0 Å². The van der Waals surface area contributed by atoms with Crippen LogP contribution in [-0.4, -0.2) is 12.1 Å². The van der Waals surface area contributed by atoms with E-state index in [1.165, 1.54) is 6.20 Å². The van der Waals surface area contributed by atoms with Crippen LogP contribution in [0, 0.1) is 11.3 Å². The second-order valence-corrected chi connectivity index (χ2v) is 4.85. The number of rotatable bonds is 3. The minimum atomic E-state index is -0.175. The SMILES string of the molecule is COc1ccc(Cc2cc(C#N)c[nH]c2=O)cc1Br. The first-order valence-electron chi connectivity index (χ1n) is 5.58. The van der Waals surface area contributed by atoms with Crippen LogP contribution in [0.3, 0.4) is 0 Å². The first-order valence-corrected chi connectivity index (χ1v) is 6.37. The molecular formula is C14H11BrN2O2. The molecule has 0 aliphatic heterocycles. The van der Waals surface area contributed by atoms with Gasteiger partial charge in [-0.05, 0) is 39.7 Å². The van der Waals surface area contributed by atoms with Crippen molar-refractivity contribution < 1.29 is 4.74 Å². The zero-order valence-corrected chi connectivity index (χ0v) is 11.8. The predicted molar refractivity (Wildman–Crippen MR) is 75.3 cm³/mol. The van der Waals surface area contributed by atoms with E-state index >= 15 is 0 Å². The van der Waals surface area contributed by atoms with Crippen molar-refractivity contribution >= 4 is 15.9 Å². The fourth-order valence-corrected chi connectivity index (χ4v) is 2.35. The lowest BCUT2D eigenvalue weighted by Crippen LogP contribution is -2.12. The number of nitrogens with one attached hydrogen (secondary N) is 1. The van der Waals surface area contributed by atoms with Crippen molar-refractivity contribution in [2.45, 2.75) is 6.42 Å². The van der Waals surface area contributed by atoms with E-state index in [9.17, 15) is 4.79 Å². The van der Waals surface area contributed by atoms with Crippen molar-refractivity contribution in [3.63, 3.8) is 0 Å². The van der Waals surface area contributed by atoms with Crippen molar-refractivity contribution in [2.75, 3.05) is 7.11 Å². The van der Waals surface area contributed by atoms with E-state index in [0.717, 1.165) is 15.8 Å². The first kappa shape index (κ1) is 13.4. The molecule has 96 valence electrons. The van der Waals surface area contributed by atoms with Gasteiger partial charge in [0.05, 0.1) is 17.1 Å². The molecule has 1 aromatic heterocycles. The summed E-state index contributed by atoms with van der Waals surface area (Å²) in [6, 6.07) is 9.24. The Balaban J connectivity index is 2.34. The monoisotopic (exact) mass is 318 g/mol. The second kappa shape index (κ2) is 5.72. The summed E-state index contributed by atoms with van der Waals surface area (Å²) in [4.78, 5) is 14.3. The summed E-state index contributed by atoms with van der Waals surface area (Å²) < 4.78 is 5.99. The Hall–Kier alpha value is -2.06. The highest BCUT2D eigenvalue weighted by Crippen LogP contribution is 2.26. The van der Waals surface area contributed by atoms with Gasteiger partial charge in [0, 0.05) is 18.2 Å². The van der Waals surface area contributed by atoms with Gasteiger partial charge in [-0.25, -0.2) is 0 Å². The molecule has 0 atom stereocenters. The van der Waals surface area contributed by atoms with Crippen LogP contribution in [0.25, 0.3) is 0 Å². The molecule has 4 nitrogen and oxygen atoms in total. The van der Waals surface area contributed by atoms with Crippen LogP contribution in [-0.2, 0) is 6.42 Å². The summed E-state index contributed by atoms with van der Waals surface area (Å²) in [7, 11) is 1.60. The van der Waals surface area contributed by atoms with E-state index in [1.807, 2.05) is 24.3 Å². The minimum Gasteiger partial charge on any atom is -0.496 e. The number of nitriles is 1. The zero-order chi connectivity index (χ0) is 13.8. The number of ether oxygens (including phenoxy) is 1. The lowest BCUT2D eigenvalue weighted by Gasteiger charge is -2.06. The second-order valence-electron chi connectivity index (χ2n) is 4.00. The summed E-state index contributed by atoms with van der Waals surface area (Å²) >= 11 is 3.40. The lowest BCUT2D eigenvalue weighted by molar-refractivity contribution is 0.412. The third-order valence-electron chi connectivity index (χ3n) is 2.72. The number of aromatic nitrogens is 1. The van der Waals surface area contributed by atoms with Gasteiger partial charge in [-0.15, -0.1) is 0 Å². The maximum Gasteiger partial charge on any atom is 0.251 e. The van der Waals surface area contributed by atoms with E-state index in [2.05, 4.69) is 20.9 Å². The molecule has 2 aromatic rings. The maximum atomic E-state index is 11.7. The summed E-state index contributed by atoms with van der Waals surface area (Å²) in [5, 5.41) is 8.84. The van der Waals surface area contributed by atoms with Crippen LogP contribution in [0.4, 0.5) is 0 Å². The molecule has 0 saturated carbocycles. The molecule has 0 bridgehead atoms. The van der Waals surface area contributed by atoms with Crippen molar-refractivity contribution in [3.8, 4) is 11.8 Å². The van der Waals surface area contributed by atoms with Gasteiger partial charge in [-0.3, -0.25) is 4.79 Å². The van der Waals surface area contributed by atoms with Gasteiger partial charge in [-0.1, -0.05) is 6.07 Å². The van der Waals surface area contributed by atoms with Gasteiger partial charge in [0.15, 0.2) is 0 Å². The average Bonchev–Trinajstić information content (AvgIpc) is 2.41. The van der Waals surface area contributed by atoms with E-state index < -0.39 is 0 Å². The Bertz CT molecular complexity index is 701. The molecule has 2 rings (SSSR count). The van der Waals surface area contributed by atoms with Crippen LogP contribution in [0.2, 0.25) is 0 Å². The molecule has 0 saturated heterocycles. The summed E-state index contributed by atoms with van der Waals surface area (Å²) in [5.41, 5.74) is 1.80. The van der Waals surface area contributed by atoms with Crippen molar-refractivity contribution in [3.05, 3.63) is 62.0 Å². The summed E-state index contributed by atoms with van der Waals surface area (Å²) in [6.07, 6.45) is 1.88. The normalized spacial score (nSPS) is 9.95. The Morgan fingerprint density at radius 3 is 2.84 bits per heavy atom. The van der Waals surface area contributed by atoms with Gasteiger partial charge in [-0.2, -0.15) is 5.26 Å². The Kier molecular flexibility index (Phi) is 4.03. The van der Waals surface area contributed by atoms with Crippen LogP contribution in [0.5, 0.6) is 5.75 Å². The quantitative estimate of drug-likeness (QED) is 0.946. The molecule has 1 aromatic carbocycles. The number of hydrogen-bond donors (Lipinski definition) is 1. The molecule has 1 N–H and O–H groups in total. The molecule has 5 heteroatoms. The molecule has 0 fully saturated rings. The number of halogens is 1. The van der Waals surface area contributed by atoms with Crippen LogP contribution in [0.15, 0.2) is 39.7 Å². The first-order chi connectivity index (χ1) is 9.13. The molecule has 0 unspecified atom stereocenters. The Morgan fingerprint density at radius 2 is 2.21 bits per heavy atom. The molecular weight excluding hydrogens is 308 g/mol. The fraction of sp³-hybridized carbons (Fsp3) is 0.143. The Morgan fingerprint density at radius 1 is 1.42 bits per heavy atom. The molecule has 1 heterocycles. The highest BCUT2D eigenvalue weighted by Gasteiger charge is 2.06. The largest absolute Gasteiger partial charge is 0.496 e. The van der Waals surface area contributed by atoms with Gasteiger partial charge in [0.2, 0.25) is 0 Å². The average molecular weight is 319 g/mol. The van der Waals surface area contributed by atoms with E-state index in [-0.39, 0.29) is 5.56 Å². The van der Waals surface area contributed by atoms with Crippen molar-refractivity contribution in [2.24, 2.45) is 0 Å².